The SMILES string of the molecule is Cn1cc(CCNC(=O)c2ccc(-n3cccc3)cc2)c2cc(O)ccc21. The van der Waals surface area contributed by atoms with Crippen molar-refractivity contribution in [1.82, 2.24) is 14.5 Å². The van der Waals surface area contributed by atoms with Gasteiger partial charge in [0.2, 0.25) is 0 Å². The van der Waals surface area contributed by atoms with Gasteiger partial charge in [0.25, 0.3) is 5.91 Å². The van der Waals surface area contributed by atoms with Crippen molar-refractivity contribution in [3.63, 3.8) is 0 Å². The molecule has 5 nitrogen and oxygen atoms in total. The van der Waals surface area contributed by atoms with Gasteiger partial charge in [0.15, 0.2) is 0 Å². The van der Waals surface area contributed by atoms with Crippen LogP contribution in [0.2, 0.25) is 0 Å². The fourth-order valence-electron chi connectivity index (χ4n) is 3.37. The molecule has 4 aromatic rings. The molecule has 4 rings (SSSR count). The molecule has 0 unspecified atom stereocenters. The van der Waals surface area contributed by atoms with E-state index in [0.717, 1.165) is 22.2 Å². The van der Waals surface area contributed by atoms with Crippen LogP contribution in [0.4, 0.5) is 0 Å². The zero-order chi connectivity index (χ0) is 18.8. The number of fused-ring (bicyclic) bond motifs is 1. The van der Waals surface area contributed by atoms with Gasteiger partial charge in [-0.25, -0.2) is 0 Å². The second-order valence-electron chi connectivity index (χ2n) is 6.61. The van der Waals surface area contributed by atoms with Crippen LogP contribution in [-0.4, -0.2) is 26.7 Å². The molecule has 2 aromatic heterocycles. The summed E-state index contributed by atoms with van der Waals surface area (Å²) in [5.41, 5.74) is 3.83. The highest BCUT2D eigenvalue weighted by Crippen LogP contribution is 2.25. The lowest BCUT2D eigenvalue weighted by molar-refractivity contribution is 0.0954. The van der Waals surface area contributed by atoms with Crippen LogP contribution in [0.1, 0.15) is 15.9 Å². The molecule has 0 saturated carbocycles. The first kappa shape index (κ1) is 17.0. The summed E-state index contributed by atoms with van der Waals surface area (Å²) >= 11 is 0. The minimum Gasteiger partial charge on any atom is -0.508 e. The number of carbonyl (C=O) groups is 1. The highest BCUT2D eigenvalue weighted by Gasteiger charge is 2.09. The van der Waals surface area contributed by atoms with Gasteiger partial charge >= 0.3 is 0 Å². The predicted octanol–water partition coefficient (Wildman–Crippen LogP) is 3.65. The Balaban J connectivity index is 1.41. The Hall–Kier alpha value is -3.47. The van der Waals surface area contributed by atoms with Crippen molar-refractivity contribution in [3.8, 4) is 11.4 Å². The number of nitrogens with one attached hydrogen (secondary N) is 1. The second-order valence-corrected chi connectivity index (χ2v) is 6.61. The average Bonchev–Trinajstić information content (AvgIpc) is 3.31. The van der Waals surface area contributed by atoms with Gasteiger partial charge in [-0.3, -0.25) is 4.79 Å². The summed E-state index contributed by atoms with van der Waals surface area (Å²) in [7, 11) is 1.98. The second kappa shape index (κ2) is 7.03. The average molecular weight is 359 g/mol. The highest BCUT2D eigenvalue weighted by atomic mass is 16.3. The third-order valence-electron chi connectivity index (χ3n) is 4.77. The van der Waals surface area contributed by atoms with Crippen molar-refractivity contribution < 1.29 is 9.90 Å². The van der Waals surface area contributed by atoms with E-state index in [4.69, 9.17) is 0 Å². The first-order valence-corrected chi connectivity index (χ1v) is 8.90. The lowest BCUT2D eigenvalue weighted by Crippen LogP contribution is -2.25. The Morgan fingerprint density at radius 2 is 1.81 bits per heavy atom. The molecule has 0 aliphatic heterocycles. The summed E-state index contributed by atoms with van der Waals surface area (Å²) in [5, 5.41) is 13.7. The number of carbonyl (C=O) groups excluding carboxylic acids is 1. The molecule has 2 aromatic carbocycles. The van der Waals surface area contributed by atoms with Crippen molar-refractivity contribution in [2.24, 2.45) is 7.05 Å². The summed E-state index contributed by atoms with van der Waals surface area (Å²) in [6.45, 7) is 0.535. The van der Waals surface area contributed by atoms with E-state index in [1.54, 1.807) is 12.1 Å². The number of aromatic nitrogens is 2. The number of nitrogens with zero attached hydrogens (tertiary/aromatic N) is 2. The summed E-state index contributed by atoms with van der Waals surface area (Å²) in [4.78, 5) is 12.4. The van der Waals surface area contributed by atoms with Crippen LogP contribution >= 0.6 is 0 Å². The topological polar surface area (TPSA) is 59.2 Å². The molecule has 0 fully saturated rings. The Morgan fingerprint density at radius 3 is 2.56 bits per heavy atom. The fraction of sp³-hybridized carbons (Fsp3) is 0.136. The van der Waals surface area contributed by atoms with Crippen LogP contribution < -0.4 is 5.32 Å². The lowest BCUT2D eigenvalue weighted by Gasteiger charge is -2.07. The minimum atomic E-state index is -0.0860. The molecule has 0 radical (unpaired) electrons. The van der Waals surface area contributed by atoms with E-state index in [2.05, 4.69) is 5.32 Å². The number of phenols is 1. The van der Waals surface area contributed by atoms with Gasteiger partial charge in [0, 0.05) is 54.3 Å². The summed E-state index contributed by atoms with van der Waals surface area (Å²) in [6.07, 6.45) is 6.68. The third kappa shape index (κ3) is 3.44. The number of hydrogen-bond donors (Lipinski definition) is 2. The zero-order valence-corrected chi connectivity index (χ0v) is 15.1. The Bertz CT molecular complexity index is 1080. The molecule has 0 aliphatic rings. The van der Waals surface area contributed by atoms with Gasteiger partial charge < -0.3 is 19.6 Å². The molecule has 136 valence electrons. The van der Waals surface area contributed by atoms with Crippen molar-refractivity contribution in [2.45, 2.75) is 6.42 Å². The molecular weight excluding hydrogens is 338 g/mol. The standard InChI is InChI=1S/C22H21N3O2/c1-24-15-17(20-14-19(26)8-9-21(20)24)10-11-23-22(27)16-4-6-18(7-5-16)25-12-2-3-13-25/h2-9,12-15,26H,10-11H2,1H3,(H,23,27). The van der Waals surface area contributed by atoms with Gasteiger partial charge in [-0.2, -0.15) is 0 Å². The van der Waals surface area contributed by atoms with Gasteiger partial charge in [0.05, 0.1) is 0 Å². The van der Waals surface area contributed by atoms with E-state index in [9.17, 15) is 9.90 Å². The van der Waals surface area contributed by atoms with E-state index in [-0.39, 0.29) is 11.7 Å². The summed E-state index contributed by atoms with van der Waals surface area (Å²) in [6, 6.07) is 16.8. The largest absolute Gasteiger partial charge is 0.508 e. The van der Waals surface area contributed by atoms with Crippen molar-refractivity contribution in [3.05, 3.63) is 84.3 Å². The molecular formula is C22H21N3O2. The number of amides is 1. The highest BCUT2D eigenvalue weighted by molar-refractivity contribution is 5.94. The lowest BCUT2D eigenvalue weighted by atomic mass is 10.1. The molecule has 1 amide bonds. The molecule has 2 heterocycles. The van der Waals surface area contributed by atoms with Crippen LogP contribution in [0, 0.1) is 0 Å². The van der Waals surface area contributed by atoms with E-state index in [1.807, 2.05) is 77.2 Å². The maximum Gasteiger partial charge on any atom is 0.251 e. The van der Waals surface area contributed by atoms with E-state index < -0.39 is 0 Å². The predicted molar refractivity (Wildman–Crippen MR) is 106 cm³/mol. The Labute approximate surface area is 157 Å². The van der Waals surface area contributed by atoms with Crippen molar-refractivity contribution in [2.75, 3.05) is 6.54 Å². The Morgan fingerprint density at radius 1 is 1.07 bits per heavy atom. The van der Waals surface area contributed by atoms with Crippen LogP contribution in [0.25, 0.3) is 16.6 Å². The Kier molecular flexibility index (Phi) is 4.42. The number of benzene rings is 2. The molecule has 0 atom stereocenters. The normalized spacial score (nSPS) is 11.0. The first-order valence-electron chi connectivity index (χ1n) is 8.90. The van der Waals surface area contributed by atoms with E-state index in [0.29, 0.717) is 18.5 Å². The quantitative estimate of drug-likeness (QED) is 0.571. The maximum atomic E-state index is 12.4. The third-order valence-corrected chi connectivity index (χ3v) is 4.77. The molecule has 27 heavy (non-hydrogen) atoms. The molecule has 0 spiro atoms. The van der Waals surface area contributed by atoms with E-state index >= 15 is 0 Å². The molecule has 2 N–H and O–H groups in total. The van der Waals surface area contributed by atoms with Gasteiger partial charge in [-0.1, -0.05) is 0 Å². The fourth-order valence-corrected chi connectivity index (χ4v) is 3.37. The molecule has 0 aliphatic carbocycles. The van der Waals surface area contributed by atoms with Gasteiger partial charge in [-0.05, 0) is 66.6 Å². The van der Waals surface area contributed by atoms with Crippen LogP contribution in [-0.2, 0) is 13.5 Å². The first-order chi connectivity index (χ1) is 13.1. The summed E-state index contributed by atoms with van der Waals surface area (Å²) < 4.78 is 4.03. The molecule has 0 bridgehead atoms. The molecule has 5 heteroatoms. The van der Waals surface area contributed by atoms with Crippen LogP contribution in [0.5, 0.6) is 5.75 Å². The number of aromatic hydroxyl groups is 1. The molecule has 0 saturated heterocycles. The number of rotatable bonds is 5. The van der Waals surface area contributed by atoms with Crippen LogP contribution in [0.3, 0.4) is 0 Å². The number of hydrogen-bond acceptors (Lipinski definition) is 2. The smallest absolute Gasteiger partial charge is 0.251 e. The van der Waals surface area contributed by atoms with Crippen LogP contribution in [0.15, 0.2) is 73.2 Å². The number of phenolic OH excluding ortho intramolecular Hbond substituents is 1. The maximum absolute atomic E-state index is 12.4. The zero-order valence-electron chi connectivity index (χ0n) is 15.1. The van der Waals surface area contributed by atoms with Crippen molar-refractivity contribution in [1.29, 1.82) is 0 Å². The van der Waals surface area contributed by atoms with Gasteiger partial charge in [0.1, 0.15) is 5.75 Å². The summed E-state index contributed by atoms with van der Waals surface area (Å²) in [5.74, 6) is 0.166. The van der Waals surface area contributed by atoms with Crippen molar-refractivity contribution >= 4 is 16.8 Å². The van der Waals surface area contributed by atoms with Gasteiger partial charge in [-0.15, -0.1) is 0 Å². The number of aryl methyl sites for hydroxylation is 1. The minimum absolute atomic E-state index is 0.0860. The van der Waals surface area contributed by atoms with E-state index in [1.165, 1.54) is 0 Å². The monoisotopic (exact) mass is 359 g/mol.